The zero-order valence-corrected chi connectivity index (χ0v) is 21.6. The van der Waals surface area contributed by atoms with Gasteiger partial charge in [-0.05, 0) is 67.7 Å². The maximum atomic E-state index is 12.7. The van der Waals surface area contributed by atoms with Crippen LogP contribution in [0.2, 0.25) is 0 Å². The van der Waals surface area contributed by atoms with E-state index < -0.39 is 36.1 Å². The summed E-state index contributed by atoms with van der Waals surface area (Å²) in [4.78, 5) is 35.2. The van der Waals surface area contributed by atoms with Gasteiger partial charge in [-0.15, -0.1) is 0 Å². The Labute approximate surface area is 202 Å². The second kappa shape index (κ2) is 9.69. The van der Waals surface area contributed by atoms with Gasteiger partial charge in [0.1, 0.15) is 11.6 Å². The Morgan fingerprint density at radius 1 is 1.21 bits per heavy atom. The van der Waals surface area contributed by atoms with E-state index in [4.69, 9.17) is 14.0 Å². The molecule has 0 bridgehead atoms. The molecule has 1 aromatic heterocycles. The highest BCUT2D eigenvalue weighted by molar-refractivity contribution is 6.61. The smallest absolute Gasteiger partial charge is 0.444 e. The van der Waals surface area contributed by atoms with Crippen molar-refractivity contribution >= 4 is 30.5 Å². The third-order valence-corrected chi connectivity index (χ3v) is 6.45. The van der Waals surface area contributed by atoms with Crippen LogP contribution in [0.1, 0.15) is 61.8 Å². The number of carbonyl (C=O) groups excluding carboxylic acids is 2. The van der Waals surface area contributed by atoms with Crippen molar-refractivity contribution in [3.63, 3.8) is 0 Å². The third kappa shape index (κ3) is 6.38. The van der Waals surface area contributed by atoms with Crippen molar-refractivity contribution in [1.29, 1.82) is 0 Å². The fourth-order valence-electron chi connectivity index (χ4n) is 3.79. The van der Waals surface area contributed by atoms with Gasteiger partial charge in [-0.25, -0.2) is 14.8 Å². The molecule has 2 unspecified atom stereocenters. The van der Waals surface area contributed by atoms with Crippen molar-refractivity contribution in [1.82, 2.24) is 20.2 Å². The van der Waals surface area contributed by atoms with Gasteiger partial charge in [0.25, 0.3) is 0 Å². The maximum Gasteiger partial charge on any atom is 0.498 e. The molecular weight excluding hydrogens is 437 g/mol. The zero-order chi connectivity index (χ0) is 25.3. The lowest BCUT2D eigenvalue weighted by Crippen LogP contribution is -2.47. The van der Waals surface area contributed by atoms with E-state index >= 15 is 0 Å². The van der Waals surface area contributed by atoms with Crippen molar-refractivity contribution in [3.05, 3.63) is 12.4 Å². The highest BCUT2D eigenvalue weighted by Gasteiger charge is 2.52. The maximum absolute atomic E-state index is 12.7. The first-order chi connectivity index (χ1) is 15.7. The summed E-state index contributed by atoms with van der Waals surface area (Å²) in [6.45, 7) is 17.0. The summed E-state index contributed by atoms with van der Waals surface area (Å²) in [5.74, 6) is 0.672. The molecule has 2 fully saturated rings. The van der Waals surface area contributed by atoms with Gasteiger partial charge in [0, 0.05) is 37.5 Å². The monoisotopic (exact) mass is 475 g/mol. The Kier molecular flexibility index (Phi) is 7.47. The standard InChI is InChI=1S/C23H38BN5O5/c1-15(28-20(31)32-21(2,3)4)18(30)29-10-9-16(14-29)11-25-19-26-12-17(13-27-19)24-33-22(5,6)23(7,8)34-24/h12-13,15-16H,9-11,14H2,1-8H3,(H,28,31)(H,25,26,27). The van der Waals surface area contributed by atoms with E-state index in [9.17, 15) is 9.59 Å². The molecule has 0 aromatic carbocycles. The SMILES string of the molecule is CC(NC(=O)OC(C)(C)C)C(=O)N1CCC(CNc2ncc(B3OC(C)(C)C(C)(C)O3)cn2)C1. The fourth-order valence-corrected chi connectivity index (χ4v) is 3.79. The van der Waals surface area contributed by atoms with Gasteiger partial charge in [0.05, 0.1) is 11.2 Å². The summed E-state index contributed by atoms with van der Waals surface area (Å²) in [7, 11) is -0.496. The zero-order valence-electron chi connectivity index (χ0n) is 21.6. The van der Waals surface area contributed by atoms with E-state index in [1.165, 1.54) is 0 Å². The number of rotatable bonds is 6. The predicted molar refractivity (Wildman–Crippen MR) is 130 cm³/mol. The number of carbonyl (C=O) groups is 2. The molecule has 10 nitrogen and oxygen atoms in total. The van der Waals surface area contributed by atoms with Gasteiger partial charge < -0.3 is 29.6 Å². The largest absolute Gasteiger partial charge is 0.498 e. The minimum absolute atomic E-state index is 0.114. The first-order valence-corrected chi connectivity index (χ1v) is 11.9. The molecule has 1 aromatic rings. The number of alkyl carbamates (subject to hydrolysis) is 1. The predicted octanol–water partition coefficient (Wildman–Crippen LogP) is 1.95. The molecule has 2 amide bonds. The molecule has 2 atom stereocenters. The number of likely N-dealkylation sites (tertiary alicyclic amines) is 1. The minimum atomic E-state index is -0.646. The van der Waals surface area contributed by atoms with Gasteiger partial charge in [0.2, 0.25) is 11.9 Å². The molecule has 0 saturated carbocycles. The number of hydrogen-bond acceptors (Lipinski definition) is 8. The topological polar surface area (TPSA) is 115 Å². The summed E-state index contributed by atoms with van der Waals surface area (Å²) in [6.07, 6.45) is 3.70. The van der Waals surface area contributed by atoms with Gasteiger partial charge in [0.15, 0.2) is 0 Å². The molecule has 3 rings (SSSR count). The first-order valence-electron chi connectivity index (χ1n) is 11.9. The Morgan fingerprint density at radius 3 is 2.35 bits per heavy atom. The van der Waals surface area contributed by atoms with E-state index in [1.54, 1.807) is 45.0 Å². The molecule has 0 aliphatic carbocycles. The molecule has 2 aliphatic rings. The molecule has 3 heterocycles. The molecule has 0 radical (unpaired) electrons. The van der Waals surface area contributed by atoms with Gasteiger partial charge in [-0.3, -0.25) is 4.79 Å². The fraction of sp³-hybridized carbons (Fsp3) is 0.739. The van der Waals surface area contributed by atoms with Crippen LogP contribution in [0.25, 0.3) is 0 Å². The Morgan fingerprint density at radius 2 is 1.79 bits per heavy atom. The van der Waals surface area contributed by atoms with Crippen LogP contribution < -0.4 is 16.1 Å². The summed E-state index contributed by atoms with van der Waals surface area (Å²) in [5, 5.41) is 5.87. The molecule has 2 N–H and O–H groups in total. The number of nitrogens with one attached hydrogen (secondary N) is 2. The summed E-state index contributed by atoms with van der Waals surface area (Å²) >= 11 is 0. The number of ether oxygens (including phenoxy) is 1. The lowest BCUT2D eigenvalue weighted by Gasteiger charge is -2.32. The van der Waals surface area contributed by atoms with Crippen molar-refractivity contribution in [2.24, 2.45) is 5.92 Å². The van der Waals surface area contributed by atoms with Crippen LogP contribution in [0.4, 0.5) is 10.7 Å². The second-order valence-corrected chi connectivity index (χ2v) is 11.1. The quantitative estimate of drug-likeness (QED) is 0.600. The van der Waals surface area contributed by atoms with E-state index in [-0.39, 0.29) is 11.8 Å². The van der Waals surface area contributed by atoms with Crippen LogP contribution in [-0.2, 0) is 18.8 Å². The van der Waals surface area contributed by atoms with Crippen molar-refractivity contribution in [2.75, 3.05) is 25.0 Å². The Bertz CT molecular complexity index is 871. The average molecular weight is 475 g/mol. The molecule has 2 aliphatic heterocycles. The van der Waals surface area contributed by atoms with Crippen molar-refractivity contribution in [2.45, 2.75) is 84.7 Å². The second-order valence-electron chi connectivity index (χ2n) is 11.1. The van der Waals surface area contributed by atoms with Crippen LogP contribution in [0.3, 0.4) is 0 Å². The third-order valence-electron chi connectivity index (χ3n) is 6.45. The highest BCUT2D eigenvalue weighted by atomic mass is 16.7. The molecule has 34 heavy (non-hydrogen) atoms. The van der Waals surface area contributed by atoms with Crippen molar-refractivity contribution in [3.8, 4) is 0 Å². The van der Waals surface area contributed by atoms with Crippen LogP contribution >= 0.6 is 0 Å². The molecular formula is C23H38BN5O5. The van der Waals surface area contributed by atoms with Gasteiger partial charge in [-0.1, -0.05) is 0 Å². The van der Waals surface area contributed by atoms with E-state index in [2.05, 4.69) is 20.6 Å². The number of anilines is 1. The molecule has 11 heteroatoms. The first kappa shape index (κ1) is 26.2. The minimum Gasteiger partial charge on any atom is -0.444 e. The van der Waals surface area contributed by atoms with Crippen LogP contribution in [-0.4, -0.2) is 76.5 Å². The van der Waals surface area contributed by atoms with E-state index in [0.717, 1.165) is 11.9 Å². The van der Waals surface area contributed by atoms with Crippen molar-refractivity contribution < 1.29 is 23.6 Å². The number of aromatic nitrogens is 2. The van der Waals surface area contributed by atoms with E-state index in [1.807, 2.05) is 27.7 Å². The highest BCUT2D eigenvalue weighted by Crippen LogP contribution is 2.36. The number of nitrogens with zero attached hydrogens (tertiary/aromatic N) is 3. The molecule has 188 valence electrons. The summed E-state index contributed by atoms with van der Waals surface area (Å²) in [5.41, 5.74) is -0.670. The molecule has 0 spiro atoms. The normalized spacial score (nSPS) is 22.4. The van der Waals surface area contributed by atoms with Gasteiger partial charge >= 0.3 is 13.2 Å². The summed E-state index contributed by atoms with van der Waals surface area (Å²) in [6, 6.07) is -0.646. The van der Waals surface area contributed by atoms with Crippen LogP contribution in [0.15, 0.2) is 12.4 Å². The lowest BCUT2D eigenvalue weighted by atomic mass is 9.81. The Hall–Kier alpha value is -2.40. The number of hydrogen-bond donors (Lipinski definition) is 2. The molecule has 2 saturated heterocycles. The van der Waals surface area contributed by atoms with E-state index in [0.29, 0.717) is 25.6 Å². The average Bonchev–Trinajstić information content (AvgIpc) is 3.26. The number of amides is 2. The summed E-state index contributed by atoms with van der Waals surface area (Å²) < 4.78 is 17.3. The van der Waals surface area contributed by atoms with Gasteiger partial charge in [-0.2, -0.15) is 0 Å². The lowest BCUT2D eigenvalue weighted by molar-refractivity contribution is -0.132. The Balaban J connectivity index is 1.45. The van der Waals surface area contributed by atoms with Crippen LogP contribution in [0.5, 0.6) is 0 Å². The van der Waals surface area contributed by atoms with Crippen LogP contribution in [0, 0.1) is 5.92 Å².